The van der Waals surface area contributed by atoms with Crippen LogP contribution in [0.25, 0.3) is 0 Å². The van der Waals surface area contributed by atoms with Crippen LogP contribution in [0.4, 0.5) is 0 Å². The molecule has 0 aliphatic heterocycles. The van der Waals surface area contributed by atoms with Crippen molar-refractivity contribution in [2.24, 2.45) is 0 Å². The monoisotopic (exact) mass is 498 g/mol. The first-order valence-electron chi connectivity index (χ1n) is 11.6. The maximum absolute atomic E-state index is 11.2. The van der Waals surface area contributed by atoms with Gasteiger partial charge < -0.3 is 35.7 Å². The maximum Gasteiger partial charge on any atom is 0.679 e. The van der Waals surface area contributed by atoms with E-state index in [9.17, 15) is 4.79 Å². The quantitative estimate of drug-likeness (QED) is 0.113. The van der Waals surface area contributed by atoms with Gasteiger partial charge in [0.2, 0.25) is 0 Å². The summed E-state index contributed by atoms with van der Waals surface area (Å²) in [6, 6.07) is 0.645. The van der Waals surface area contributed by atoms with Crippen molar-refractivity contribution in [3.63, 3.8) is 0 Å². The lowest BCUT2D eigenvalue weighted by molar-refractivity contribution is -0.139. The minimum absolute atomic E-state index is 0.327. The van der Waals surface area contributed by atoms with E-state index in [0.29, 0.717) is 70.9 Å². The molecule has 0 N–H and O–H groups in total. The molecule has 0 amide bonds. The minimum Gasteiger partial charge on any atom is -0.462 e. The van der Waals surface area contributed by atoms with E-state index in [1.807, 2.05) is 48.5 Å². The summed E-state index contributed by atoms with van der Waals surface area (Å²) in [6.07, 6.45) is 0.658. The van der Waals surface area contributed by atoms with Gasteiger partial charge in [0.05, 0.1) is 6.61 Å². The third-order valence-electron chi connectivity index (χ3n) is 3.59. The van der Waals surface area contributed by atoms with Gasteiger partial charge in [-0.3, -0.25) is 0 Å². The highest BCUT2D eigenvalue weighted by atomic mass is 28.4. The van der Waals surface area contributed by atoms with E-state index in [2.05, 4.69) is 6.58 Å². The number of hydrogen-bond donors (Lipinski definition) is 0. The average Bonchev–Trinajstić information content (AvgIpc) is 2.73. The molecule has 0 aromatic rings. The Balaban J connectivity index is 0. The first kappa shape index (κ1) is 33.5. The smallest absolute Gasteiger partial charge is 0.462 e. The third-order valence-corrected chi connectivity index (χ3v) is 9.31. The highest BCUT2D eigenvalue weighted by Crippen LogP contribution is 2.18. The van der Waals surface area contributed by atoms with Crippen molar-refractivity contribution < 1.29 is 40.5 Å². The van der Waals surface area contributed by atoms with Crippen LogP contribution in [-0.4, -0.2) is 76.7 Å². The van der Waals surface area contributed by atoms with Crippen LogP contribution in [0, 0.1) is 0 Å². The lowest BCUT2D eigenvalue weighted by Gasteiger charge is -2.28. The second kappa shape index (κ2) is 20.9. The van der Waals surface area contributed by atoms with Gasteiger partial charge in [-0.1, -0.05) is 6.58 Å². The van der Waals surface area contributed by atoms with Gasteiger partial charge in [0.15, 0.2) is 0 Å². The Morgan fingerprint density at radius 2 is 1.00 bits per heavy atom. The van der Waals surface area contributed by atoms with Crippen molar-refractivity contribution in [2.75, 3.05) is 52.9 Å². The SMILES string of the molecule is C=C(C)C(=O)OCCC[Si](OCC)(OCC)OCC.CCO[Si](OCC)(OCC)OCC. The Morgan fingerprint density at radius 1 is 0.656 bits per heavy atom. The molecule has 0 fully saturated rings. The lowest BCUT2D eigenvalue weighted by atomic mass is 10.4. The molecule has 0 radical (unpaired) electrons. The predicted octanol–water partition coefficient (Wildman–Crippen LogP) is 4.11. The molecule has 0 saturated heterocycles. The number of carbonyl (C=O) groups is 1. The topological polar surface area (TPSA) is 90.9 Å². The summed E-state index contributed by atoms with van der Waals surface area (Å²) < 4.78 is 43.8. The van der Waals surface area contributed by atoms with E-state index in [4.69, 9.17) is 35.7 Å². The van der Waals surface area contributed by atoms with Crippen LogP contribution in [0.5, 0.6) is 0 Å². The van der Waals surface area contributed by atoms with Crippen molar-refractivity contribution in [3.8, 4) is 0 Å². The minimum atomic E-state index is -2.80. The molecule has 0 aliphatic carbocycles. The fourth-order valence-electron chi connectivity index (χ4n) is 2.54. The average molecular weight is 499 g/mol. The third kappa shape index (κ3) is 15.2. The number of ether oxygens (including phenoxy) is 1. The van der Waals surface area contributed by atoms with Crippen LogP contribution in [-0.2, 0) is 40.5 Å². The summed E-state index contributed by atoms with van der Waals surface area (Å²) in [5, 5.41) is 0. The van der Waals surface area contributed by atoms with Crippen molar-refractivity contribution in [2.45, 2.75) is 67.9 Å². The Labute approximate surface area is 197 Å². The number of carbonyl (C=O) groups excluding carboxylic acids is 1. The zero-order chi connectivity index (χ0) is 24.9. The molecule has 32 heavy (non-hydrogen) atoms. The zero-order valence-corrected chi connectivity index (χ0v) is 23.5. The Morgan fingerprint density at radius 3 is 1.28 bits per heavy atom. The number of hydrogen-bond acceptors (Lipinski definition) is 9. The van der Waals surface area contributed by atoms with E-state index in [0.717, 1.165) is 0 Å². The van der Waals surface area contributed by atoms with E-state index >= 15 is 0 Å². The second-order valence-electron chi connectivity index (χ2n) is 6.23. The molecule has 0 spiro atoms. The van der Waals surface area contributed by atoms with Crippen LogP contribution < -0.4 is 0 Å². The van der Waals surface area contributed by atoms with Gasteiger partial charge in [0.1, 0.15) is 0 Å². The Kier molecular flexibility index (Phi) is 21.9. The summed E-state index contributed by atoms with van der Waals surface area (Å²) in [4.78, 5) is 11.2. The molecular weight excluding hydrogens is 452 g/mol. The molecule has 0 heterocycles. The molecule has 0 aromatic heterocycles. The van der Waals surface area contributed by atoms with Crippen molar-refractivity contribution >= 4 is 23.8 Å². The molecule has 0 aliphatic rings. The Bertz CT molecular complexity index is 432. The summed E-state index contributed by atoms with van der Waals surface area (Å²) in [6.45, 7) is 22.7. The van der Waals surface area contributed by atoms with Gasteiger partial charge in [0, 0.05) is 57.9 Å². The van der Waals surface area contributed by atoms with Gasteiger partial charge in [-0.15, -0.1) is 0 Å². The molecular formula is C21H46O9Si2. The second-order valence-corrected chi connectivity index (χ2v) is 11.1. The zero-order valence-electron chi connectivity index (χ0n) is 21.5. The molecule has 0 bridgehead atoms. The molecule has 11 heteroatoms. The molecule has 0 aromatic carbocycles. The van der Waals surface area contributed by atoms with Gasteiger partial charge >= 0.3 is 23.8 Å². The van der Waals surface area contributed by atoms with E-state index in [1.165, 1.54) is 0 Å². The highest BCUT2D eigenvalue weighted by Gasteiger charge is 2.44. The largest absolute Gasteiger partial charge is 0.679 e. The summed E-state index contributed by atoms with van der Waals surface area (Å²) in [7, 11) is -5.40. The first-order chi connectivity index (χ1) is 15.3. The molecule has 9 nitrogen and oxygen atoms in total. The normalized spacial score (nSPS) is 11.6. The first-order valence-corrected chi connectivity index (χ1v) is 15.1. The van der Waals surface area contributed by atoms with E-state index in [-0.39, 0.29) is 5.97 Å². The standard InChI is InChI=1S/C13H26O5Si.C8H20O4Si/c1-6-16-19(17-7-2,18-8-3)11-9-10-15-13(14)12(4)5;1-5-9-13(10-6-2,11-7-3)12-8-4/h4,6-11H2,1-3,5H3;5-8H2,1-4H3. The Hall–Kier alpha value is -0.636. The van der Waals surface area contributed by atoms with Crippen LogP contribution in [0.15, 0.2) is 12.2 Å². The fourth-order valence-corrected chi connectivity index (χ4v) is 7.03. The van der Waals surface area contributed by atoms with Crippen LogP contribution in [0.1, 0.15) is 61.8 Å². The van der Waals surface area contributed by atoms with Crippen molar-refractivity contribution in [3.05, 3.63) is 12.2 Å². The molecule has 0 unspecified atom stereocenters. The van der Waals surface area contributed by atoms with Gasteiger partial charge in [0.25, 0.3) is 0 Å². The summed E-state index contributed by atoms with van der Waals surface area (Å²) in [5.74, 6) is -0.364. The number of rotatable bonds is 19. The van der Waals surface area contributed by atoms with E-state index < -0.39 is 17.9 Å². The molecule has 0 rings (SSSR count). The molecule has 0 atom stereocenters. The van der Waals surface area contributed by atoms with Crippen LogP contribution in [0.3, 0.4) is 0 Å². The highest BCUT2D eigenvalue weighted by molar-refractivity contribution is 6.60. The van der Waals surface area contributed by atoms with Gasteiger partial charge in [-0.05, 0) is 61.8 Å². The van der Waals surface area contributed by atoms with Gasteiger partial charge in [-0.2, -0.15) is 0 Å². The van der Waals surface area contributed by atoms with Gasteiger partial charge in [-0.25, -0.2) is 4.79 Å². The lowest BCUT2D eigenvalue weighted by Crippen LogP contribution is -2.49. The maximum atomic E-state index is 11.2. The molecule has 192 valence electrons. The molecule has 0 saturated carbocycles. The summed E-state index contributed by atoms with van der Waals surface area (Å²) in [5.41, 5.74) is 0.405. The van der Waals surface area contributed by atoms with Crippen molar-refractivity contribution in [1.82, 2.24) is 0 Å². The fraction of sp³-hybridized carbons (Fsp3) is 0.857. The summed E-state index contributed by atoms with van der Waals surface area (Å²) >= 11 is 0. The van der Waals surface area contributed by atoms with Crippen molar-refractivity contribution in [1.29, 1.82) is 0 Å². The van der Waals surface area contributed by atoms with Crippen LogP contribution in [0.2, 0.25) is 6.04 Å². The van der Waals surface area contributed by atoms with Crippen LogP contribution >= 0.6 is 0 Å². The predicted molar refractivity (Wildman–Crippen MR) is 128 cm³/mol. The number of esters is 1. The van der Waals surface area contributed by atoms with E-state index in [1.54, 1.807) is 6.92 Å².